The lowest BCUT2D eigenvalue weighted by Crippen LogP contribution is -2.16. The van der Waals surface area contributed by atoms with Gasteiger partial charge in [0.25, 0.3) is 0 Å². The van der Waals surface area contributed by atoms with E-state index in [1.807, 2.05) is 13.8 Å². The zero-order chi connectivity index (χ0) is 17.3. The van der Waals surface area contributed by atoms with Gasteiger partial charge in [-0.3, -0.25) is 9.98 Å². The molecular formula is C18H22N2O2S. The van der Waals surface area contributed by atoms with Crippen molar-refractivity contribution in [3.8, 4) is 0 Å². The van der Waals surface area contributed by atoms with Gasteiger partial charge in [0.05, 0.1) is 15.5 Å². The number of benzene rings is 1. The Morgan fingerprint density at radius 3 is 2.22 bits per heavy atom. The van der Waals surface area contributed by atoms with Crippen molar-refractivity contribution in [3.05, 3.63) is 48.3 Å². The maximum Gasteiger partial charge on any atom is 0.206 e. The number of hydrogen-bond acceptors (Lipinski definition) is 4. The zero-order valence-electron chi connectivity index (χ0n) is 14.2. The van der Waals surface area contributed by atoms with E-state index in [2.05, 4.69) is 30.7 Å². The summed E-state index contributed by atoms with van der Waals surface area (Å²) in [6, 6.07) is 8.05. The molecule has 0 bridgehead atoms. The van der Waals surface area contributed by atoms with Gasteiger partial charge in [0.1, 0.15) is 0 Å². The van der Waals surface area contributed by atoms with Crippen LogP contribution in [0.3, 0.4) is 0 Å². The maximum atomic E-state index is 12.7. The molecule has 122 valence electrons. The van der Waals surface area contributed by atoms with Crippen molar-refractivity contribution in [1.82, 2.24) is 4.98 Å². The molecule has 0 N–H and O–H groups in total. The molecule has 0 aliphatic rings. The van der Waals surface area contributed by atoms with Crippen LogP contribution in [0.2, 0.25) is 0 Å². The van der Waals surface area contributed by atoms with Crippen molar-refractivity contribution in [3.63, 3.8) is 0 Å². The smallest absolute Gasteiger partial charge is 0.206 e. The second-order valence-electron chi connectivity index (χ2n) is 6.58. The summed E-state index contributed by atoms with van der Waals surface area (Å²) in [5.41, 5.74) is 2.53. The Kier molecular flexibility index (Phi) is 4.71. The van der Waals surface area contributed by atoms with Gasteiger partial charge in [-0.2, -0.15) is 0 Å². The fourth-order valence-corrected chi connectivity index (χ4v) is 3.14. The minimum Gasteiger partial charge on any atom is -0.265 e. The van der Waals surface area contributed by atoms with Crippen LogP contribution in [0.5, 0.6) is 0 Å². The molecule has 0 aliphatic carbocycles. The SMILES string of the molecule is CC(=Nc1cc(S(=O)(=O)c2ccncc2)ccc1C)C(C)(C)C. The van der Waals surface area contributed by atoms with Crippen molar-refractivity contribution in [2.75, 3.05) is 0 Å². The molecule has 4 nitrogen and oxygen atoms in total. The first-order chi connectivity index (χ1) is 10.6. The Bertz CT molecular complexity index is 833. The number of hydrogen-bond donors (Lipinski definition) is 0. The highest BCUT2D eigenvalue weighted by Crippen LogP contribution is 2.29. The Balaban J connectivity index is 2.54. The summed E-state index contributed by atoms with van der Waals surface area (Å²) in [6.07, 6.45) is 2.95. The highest BCUT2D eigenvalue weighted by Gasteiger charge is 2.19. The Hall–Kier alpha value is -2.01. The third-order valence-electron chi connectivity index (χ3n) is 3.82. The van der Waals surface area contributed by atoms with Crippen LogP contribution in [0, 0.1) is 12.3 Å². The largest absolute Gasteiger partial charge is 0.265 e. The quantitative estimate of drug-likeness (QED) is 0.786. The molecule has 5 heteroatoms. The lowest BCUT2D eigenvalue weighted by Gasteiger charge is -2.18. The monoisotopic (exact) mass is 330 g/mol. The Labute approximate surface area is 138 Å². The fourth-order valence-electron chi connectivity index (χ4n) is 1.88. The van der Waals surface area contributed by atoms with E-state index in [-0.39, 0.29) is 15.2 Å². The summed E-state index contributed by atoms with van der Waals surface area (Å²) in [6.45, 7) is 10.1. The lowest BCUT2D eigenvalue weighted by molar-refractivity contribution is 0.588. The normalized spacial score (nSPS) is 13.2. The molecule has 0 unspecified atom stereocenters. The fraction of sp³-hybridized carbons (Fsp3) is 0.333. The third-order valence-corrected chi connectivity index (χ3v) is 5.59. The molecule has 0 radical (unpaired) electrons. The summed E-state index contributed by atoms with van der Waals surface area (Å²) in [5, 5.41) is 0. The van der Waals surface area contributed by atoms with E-state index in [9.17, 15) is 8.42 Å². The van der Waals surface area contributed by atoms with Crippen LogP contribution in [0.15, 0.2) is 57.5 Å². The number of aryl methyl sites for hydroxylation is 1. The van der Waals surface area contributed by atoms with E-state index < -0.39 is 9.84 Å². The van der Waals surface area contributed by atoms with Crippen LogP contribution < -0.4 is 0 Å². The van der Waals surface area contributed by atoms with Crippen LogP contribution in [-0.2, 0) is 9.84 Å². The van der Waals surface area contributed by atoms with Gasteiger partial charge < -0.3 is 0 Å². The molecule has 23 heavy (non-hydrogen) atoms. The predicted octanol–water partition coefficient (Wildman–Crippen LogP) is 4.36. The van der Waals surface area contributed by atoms with E-state index in [1.54, 1.807) is 18.2 Å². The van der Waals surface area contributed by atoms with Crippen molar-refractivity contribution < 1.29 is 8.42 Å². The zero-order valence-corrected chi connectivity index (χ0v) is 15.0. The summed E-state index contributed by atoms with van der Waals surface area (Å²) in [4.78, 5) is 8.98. The van der Waals surface area contributed by atoms with Gasteiger partial charge in [-0.25, -0.2) is 8.42 Å². The molecule has 0 saturated heterocycles. The molecular weight excluding hydrogens is 308 g/mol. The summed E-state index contributed by atoms with van der Waals surface area (Å²) in [5.74, 6) is 0. The highest BCUT2D eigenvalue weighted by molar-refractivity contribution is 7.91. The van der Waals surface area contributed by atoms with E-state index in [0.717, 1.165) is 11.3 Å². The van der Waals surface area contributed by atoms with Gasteiger partial charge in [0, 0.05) is 18.1 Å². The molecule has 2 rings (SSSR count). The number of aliphatic imine (C=N–C) groups is 1. The predicted molar refractivity (Wildman–Crippen MR) is 93.1 cm³/mol. The molecule has 1 aromatic heterocycles. The first-order valence-electron chi connectivity index (χ1n) is 7.44. The minimum absolute atomic E-state index is 0.0631. The average Bonchev–Trinajstić information content (AvgIpc) is 2.49. The van der Waals surface area contributed by atoms with Crippen LogP contribution in [0.1, 0.15) is 33.3 Å². The topological polar surface area (TPSA) is 59.4 Å². The van der Waals surface area contributed by atoms with E-state index >= 15 is 0 Å². The van der Waals surface area contributed by atoms with E-state index in [4.69, 9.17) is 0 Å². The lowest BCUT2D eigenvalue weighted by atomic mass is 9.91. The molecule has 0 amide bonds. The van der Waals surface area contributed by atoms with Crippen molar-refractivity contribution in [1.29, 1.82) is 0 Å². The highest BCUT2D eigenvalue weighted by atomic mass is 32.2. The van der Waals surface area contributed by atoms with Crippen molar-refractivity contribution in [2.45, 2.75) is 44.4 Å². The number of rotatable bonds is 3. The number of sulfone groups is 1. The third kappa shape index (κ3) is 3.85. The average molecular weight is 330 g/mol. The van der Waals surface area contributed by atoms with Crippen LogP contribution >= 0.6 is 0 Å². The summed E-state index contributed by atoms with van der Waals surface area (Å²) >= 11 is 0. The molecule has 2 aromatic rings. The van der Waals surface area contributed by atoms with Crippen LogP contribution in [0.25, 0.3) is 0 Å². The maximum absolute atomic E-state index is 12.7. The number of aromatic nitrogens is 1. The molecule has 1 heterocycles. The second kappa shape index (κ2) is 6.24. The molecule has 0 aliphatic heterocycles. The van der Waals surface area contributed by atoms with E-state index in [0.29, 0.717) is 5.69 Å². The van der Waals surface area contributed by atoms with E-state index in [1.165, 1.54) is 24.5 Å². The molecule has 0 spiro atoms. The second-order valence-corrected chi connectivity index (χ2v) is 8.53. The van der Waals surface area contributed by atoms with Crippen molar-refractivity contribution >= 4 is 21.2 Å². The van der Waals surface area contributed by atoms with Gasteiger partial charge in [0.15, 0.2) is 0 Å². The van der Waals surface area contributed by atoms with Crippen LogP contribution in [-0.4, -0.2) is 19.1 Å². The number of nitrogens with zero attached hydrogens (tertiary/aromatic N) is 2. The Morgan fingerprint density at radius 2 is 1.65 bits per heavy atom. The molecule has 0 fully saturated rings. The summed E-state index contributed by atoms with van der Waals surface area (Å²) in [7, 11) is -3.56. The van der Waals surface area contributed by atoms with Gasteiger partial charge in [-0.1, -0.05) is 26.8 Å². The first kappa shape index (κ1) is 17.3. The van der Waals surface area contributed by atoms with Gasteiger partial charge in [-0.05, 0) is 49.1 Å². The van der Waals surface area contributed by atoms with Gasteiger partial charge in [0.2, 0.25) is 9.84 Å². The Morgan fingerprint density at radius 1 is 1.04 bits per heavy atom. The van der Waals surface area contributed by atoms with Crippen LogP contribution in [0.4, 0.5) is 5.69 Å². The van der Waals surface area contributed by atoms with Gasteiger partial charge >= 0.3 is 0 Å². The first-order valence-corrected chi connectivity index (χ1v) is 8.92. The molecule has 0 saturated carbocycles. The molecule has 0 atom stereocenters. The van der Waals surface area contributed by atoms with Crippen molar-refractivity contribution in [2.24, 2.45) is 10.4 Å². The summed E-state index contributed by atoms with van der Waals surface area (Å²) < 4.78 is 25.4. The number of pyridine rings is 1. The standard InChI is InChI=1S/C18H22N2O2S/c1-13-6-7-16(12-17(13)20-14(2)18(3,4)5)23(21,22)15-8-10-19-11-9-15/h6-12H,1-5H3. The van der Waals surface area contributed by atoms with Gasteiger partial charge in [-0.15, -0.1) is 0 Å². The minimum atomic E-state index is -3.56. The molecule has 1 aromatic carbocycles.